The number of nitrogens with zero attached hydrogens (tertiary/aromatic N) is 2. The maximum Gasteiger partial charge on any atom is 0.162 e. The number of carbonyl (C=O) groups is 1. The van der Waals surface area contributed by atoms with Crippen LogP contribution in [0.1, 0.15) is 23.7 Å². The Bertz CT molecular complexity index is 467. The molecular weight excluding hydrogens is 280 g/mol. The predicted molar refractivity (Wildman–Crippen MR) is 86.5 cm³/mol. The molecule has 1 aromatic rings. The summed E-state index contributed by atoms with van der Waals surface area (Å²) in [5, 5.41) is 10.1. The van der Waals surface area contributed by atoms with Crippen LogP contribution in [-0.4, -0.2) is 73.2 Å². The molecule has 1 aromatic carbocycles. The minimum absolute atomic E-state index is 0.127. The molecule has 122 valence electrons. The second kappa shape index (κ2) is 8.27. The largest absolute Gasteiger partial charge is 0.491 e. The van der Waals surface area contributed by atoms with Crippen molar-refractivity contribution in [3.63, 3.8) is 0 Å². The highest BCUT2D eigenvalue weighted by atomic mass is 16.5. The lowest BCUT2D eigenvalue weighted by molar-refractivity contribution is 0.0504. The van der Waals surface area contributed by atoms with Gasteiger partial charge in [0, 0.05) is 44.7 Å². The van der Waals surface area contributed by atoms with Crippen molar-refractivity contribution in [2.75, 3.05) is 46.4 Å². The molecule has 1 aliphatic rings. The smallest absolute Gasteiger partial charge is 0.162 e. The van der Waals surface area contributed by atoms with Crippen molar-refractivity contribution < 1.29 is 14.6 Å². The molecule has 0 radical (unpaired) electrons. The van der Waals surface area contributed by atoms with Gasteiger partial charge in [0.1, 0.15) is 18.5 Å². The summed E-state index contributed by atoms with van der Waals surface area (Å²) >= 11 is 0. The Kier molecular flexibility index (Phi) is 6.36. The van der Waals surface area contributed by atoms with E-state index in [1.54, 1.807) is 24.3 Å². The molecule has 0 amide bonds. The Labute approximate surface area is 132 Å². The summed E-state index contributed by atoms with van der Waals surface area (Å²) in [5.41, 5.74) is 0.702. The third-order valence-electron chi connectivity index (χ3n) is 4.00. The van der Waals surface area contributed by atoms with E-state index in [0.717, 1.165) is 26.2 Å². The van der Waals surface area contributed by atoms with E-state index in [1.807, 2.05) is 6.92 Å². The molecule has 0 bridgehead atoms. The number of aliphatic hydroxyl groups is 1. The van der Waals surface area contributed by atoms with E-state index in [2.05, 4.69) is 16.8 Å². The molecule has 0 aromatic heterocycles. The molecular formula is C17H26N2O3. The fraction of sp³-hybridized carbons (Fsp3) is 0.588. The minimum atomic E-state index is -0.500. The van der Waals surface area contributed by atoms with Crippen LogP contribution in [0, 0.1) is 0 Å². The zero-order valence-corrected chi connectivity index (χ0v) is 13.5. The van der Waals surface area contributed by atoms with Gasteiger partial charge in [0.05, 0.1) is 0 Å². The fourth-order valence-corrected chi connectivity index (χ4v) is 2.51. The van der Waals surface area contributed by atoms with Gasteiger partial charge in [-0.2, -0.15) is 0 Å². The molecule has 0 spiro atoms. The average molecular weight is 306 g/mol. The number of aliphatic hydroxyl groups excluding tert-OH is 1. The quantitative estimate of drug-likeness (QED) is 0.769. The van der Waals surface area contributed by atoms with E-state index < -0.39 is 6.10 Å². The molecule has 1 fully saturated rings. The third kappa shape index (κ3) is 5.09. The Morgan fingerprint density at radius 2 is 1.86 bits per heavy atom. The first-order valence-corrected chi connectivity index (χ1v) is 7.93. The lowest BCUT2D eigenvalue weighted by Gasteiger charge is -2.33. The molecule has 1 atom stereocenters. The van der Waals surface area contributed by atoms with Gasteiger partial charge in [-0.05, 0) is 31.3 Å². The molecule has 22 heavy (non-hydrogen) atoms. The molecule has 0 saturated carbocycles. The Balaban J connectivity index is 1.74. The summed E-state index contributed by atoms with van der Waals surface area (Å²) in [6.07, 6.45) is 0.00424. The van der Waals surface area contributed by atoms with Gasteiger partial charge in [-0.1, -0.05) is 6.92 Å². The number of hydrogen-bond donors (Lipinski definition) is 1. The summed E-state index contributed by atoms with van der Waals surface area (Å²) in [5.74, 6) is 0.812. The monoisotopic (exact) mass is 306 g/mol. The van der Waals surface area contributed by atoms with Crippen LogP contribution in [0.3, 0.4) is 0 Å². The van der Waals surface area contributed by atoms with E-state index in [9.17, 15) is 9.90 Å². The highest BCUT2D eigenvalue weighted by Crippen LogP contribution is 2.14. The van der Waals surface area contributed by atoms with Gasteiger partial charge in [-0.25, -0.2) is 0 Å². The third-order valence-corrected chi connectivity index (χ3v) is 4.00. The summed E-state index contributed by atoms with van der Waals surface area (Å²) in [7, 11) is 2.11. The Hall–Kier alpha value is -1.43. The fourth-order valence-electron chi connectivity index (χ4n) is 2.51. The number of β-amino-alcohol motifs (C(OH)–C–C–N with tert-alkyl or cyclic N) is 1. The van der Waals surface area contributed by atoms with Crippen LogP contribution in [0.2, 0.25) is 0 Å². The number of Topliss-reactive ketones (excluding diaryl/α,β-unsaturated/α-hetero) is 1. The zero-order chi connectivity index (χ0) is 15.9. The van der Waals surface area contributed by atoms with Crippen molar-refractivity contribution in [2.24, 2.45) is 0 Å². The number of benzene rings is 1. The van der Waals surface area contributed by atoms with Crippen molar-refractivity contribution >= 4 is 5.78 Å². The lowest BCUT2D eigenvalue weighted by atomic mass is 10.1. The molecule has 1 N–H and O–H groups in total. The van der Waals surface area contributed by atoms with Crippen LogP contribution in [0.5, 0.6) is 5.75 Å². The standard InChI is InChI=1S/C17H26N2O3/c1-3-17(21)14-4-6-16(7-5-14)22-13-15(20)12-19-10-8-18(2)9-11-19/h4-7,15,20H,3,8-13H2,1-2H3. The first-order chi connectivity index (χ1) is 10.6. The molecule has 2 rings (SSSR count). The maximum atomic E-state index is 11.5. The zero-order valence-electron chi connectivity index (χ0n) is 13.5. The van der Waals surface area contributed by atoms with Gasteiger partial charge in [-0.15, -0.1) is 0 Å². The number of ketones is 1. The molecule has 0 aliphatic carbocycles. The number of carbonyl (C=O) groups excluding carboxylic acids is 1. The highest BCUT2D eigenvalue weighted by molar-refractivity contribution is 5.95. The van der Waals surface area contributed by atoms with Gasteiger partial charge < -0.3 is 14.7 Å². The van der Waals surface area contributed by atoms with Crippen LogP contribution in [-0.2, 0) is 0 Å². The molecule has 5 heteroatoms. The lowest BCUT2D eigenvalue weighted by Crippen LogP contribution is -2.47. The number of rotatable bonds is 7. The van der Waals surface area contributed by atoms with E-state index in [1.165, 1.54) is 0 Å². The molecule has 1 saturated heterocycles. The minimum Gasteiger partial charge on any atom is -0.491 e. The van der Waals surface area contributed by atoms with Crippen LogP contribution in [0.15, 0.2) is 24.3 Å². The predicted octanol–water partition coefficient (Wildman–Crippen LogP) is 1.27. The number of likely N-dealkylation sites (N-methyl/N-ethyl adjacent to an activating group) is 1. The number of piperazine rings is 1. The van der Waals surface area contributed by atoms with Crippen molar-refractivity contribution in [1.29, 1.82) is 0 Å². The summed E-state index contributed by atoms with van der Waals surface area (Å²) < 4.78 is 5.60. The molecule has 1 aliphatic heterocycles. The van der Waals surface area contributed by atoms with E-state index >= 15 is 0 Å². The van der Waals surface area contributed by atoms with Crippen molar-refractivity contribution in [2.45, 2.75) is 19.4 Å². The Morgan fingerprint density at radius 3 is 2.45 bits per heavy atom. The summed E-state index contributed by atoms with van der Waals surface area (Å²) in [6, 6.07) is 7.11. The normalized spacial score (nSPS) is 18.1. The molecule has 1 heterocycles. The van der Waals surface area contributed by atoms with Gasteiger partial charge in [-0.3, -0.25) is 9.69 Å². The number of ether oxygens (including phenoxy) is 1. The van der Waals surface area contributed by atoms with Gasteiger partial charge in [0.25, 0.3) is 0 Å². The van der Waals surface area contributed by atoms with E-state index in [0.29, 0.717) is 24.3 Å². The second-order valence-corrected chi connectivity index (χ2v) is 5.87. The summed E-state index contributed by atoms with van der Waals surface area (Å²) in [6.45, 7) is 6.82. The van der Waals surface area contributed by atoms with Crippen LogP contribution < -0.4 is 4.74 Å². The first kappa shape index (κ1) is 16.9. The van der Waals surface area contributed by atoms with Crippen molar-refractivity contribution in [3.05, 3.63) is 29.8 Å². The Morgan fingerprint density at radius 1 is 1.23 bits per heavy atom. The average Bonchev–Trinajstić information content (AvgIpc) is 2.55. The van der Waals surface area contributed by atoms with Gasteiger partial charge in [0.2, 0.25) is 0 Å². The van der Waals surface area contributed by atoms with Crippen molar-refractivity contribution in [3.8, 4) is 5.75 Å². The summed E-state index contributed by atoms with van der Waals surface area (Å²) in [4.78, 5) is 16.1. The van der Waals surface area contributed by atoms with Crippen LogP contribution in [0.4, 0.5) is 0 Å². The highest BCUT2D eigenvalue weighted by Gasteiger charge is 2.17. The SMILES string of the molecule is CCC(=O)c1ccc(OCC(O)CN2CCN(C)CC2)cc1. The van der Waals surface area contributed by atoms with Crippen LogP contribution >= 0.6 is 0 Å². The second-order valence-electron chi connectivity index (χ2n) is 5.87. The molecule has 1 unspecified atom stereocenters. The van der Waals surface area contributed by atoms with Crippen molar-refractivity contribution in [1.82, 2.24) is 9.80 Å². The molecule has 5 nitrogen and oxygen atoms in total. The van der Waals surface area contributed by atoms with E-state index in [4.69, 9.17) is 4.74 Å². The van der Waals surface area contributed by atoms with Crippen LogP contribution in [0.25, 0.3) is 0 Å². The number of hydrogen-bond acceptors (Lipinski definition) is 5. The van der Waals surface area contributed by atoms with E-state index in [-0.39, 0.29) is 12.4 Å². The maximum absolute atomic E-state index is 11.5. The first-order valence-electron chi connectivity index (χ1n) is 7.93. The van der Waals surface area contributed by atoms with Gasteiger partial charge >= 0.3 is 0 Å². The topological polar surface area (TPSA) is 53.0 Å². The van der Waals surface area contributed by atoms with Gasteiger partial charge in [0.15, 0.2) is 5.78 Å².